The largest absolute Gasteiger partial charge is 0.505 e. The normalized spacial score (nSPS) is 12.1. The minimum absolute atomic E-state index is 0.0387. The zero-order valence-electron chi connectivity index (χ0n) is 11.4. The van der Waals surface area contributed by atoms with Crippen LogP contribution in [0.3, 0.4) is 0 Å². The van der Waals surface area contributed by atoms with Gasteiger partial charge in [-0.3, -0.25) is 10.1 Å². The number of nitrogens with zero attached hydrogens (tertiary/aromatic N) is 1. The molecular formula is C15H15FN2O3. The van der Waals surface area contributed by atoms with Crippen molar-refractivity contribution in [3.8, 4) is 5.75 Å². The van der Waals surface area contributed by atoms with Gasteiger partial charge in [-0.1, -0.05) is 18.2 Å². The Hall–Kier alpha value is -2.47. The molecule has 2 N–H and O–H groups in total. The summed E-state index contributed by atoms with van der Waals surface area (Å²) in [5.74, 6) is -1.05. The molecule has 2 aromatic rings. The molecule has 0 bridgehead atoms. The summed E-state index contributed by atoms with van der Waals surface area (Å²) in [5, 5.41) is 23.0. The number of non-ortho nitro benzene ring substituents is 1. The van der Waals surface area contributed by atoms with Crippen LogP contribution in [0.2, 0.25) is 0 Å². The zero-order valence-corrected chi connectivity index (χ0v) is 11.4. The first-order valence-corrected chi connectivity index (χ1v) is 6.42. The molecule has 110 valence electrons. The highest BCUT2D eigenvalue weighted by Crippen LogP contribution is 2.20. The SMILES string of the molecule is CC(NCc1ccc(O)c(F)c1)c1cccc([N+](=O)[O-])c1. The van der Waals surface area contributed by atoms with Crippen molar-refractivity contribution < 1.29 is 14.4 Å². The van der Waals surface area contributed by atoms with Crippen LogP contribution in [0.1, 0.15) is 24.1 Å². The molecule has 0 aliphatic rings. The Morgan fingerprint density at radius 3 is 2.76 bits per heavy atom. The van der Waals surface area contributed by atoms with Crippen molar-refractivity contribution in [1.82, 2.24) is 5.32 Å². The van der Waals surface area contributed by atoms with Crippen molar-refractivity contribution in [2.24, 2.45) is 0 Å². The summed E-state index contributed by atoms with van der Waals surface area (Å²) >= 11 is 0. The Labute approximate surface area is 121 Å². The van der Waals surface area contributed by atoms with E-state index in [0.29, 0.717) is 12.1 Å². The van der Waals surface area contributed by atoms with E-state index in [0.717, 1.165) is 5.56 Å². The summed E-state index contributed by atoms with van der Waals surface area (Å²) in [6, 6.07) is 10.4. The topological polar surface area (TPSA) is 75.4 Å². The van der Waals surface area contributed by atoms with Gasteiger partial charge in [0.25, 0.3) is 5.69 Å². The van der Waals surface area contributed by atoms with Crippen molar-refractivity contribution >= 4 is 5.69 Å². The molecule has 0 saturated carbocycles. The molecule has 6 heteroatoms. The molecule has 0 heterocycles. The van der Waals surface area contributed by atoms with Gasteiger partial charge in [0.05, 0.1) is 4.92 Å². The van der Waals surface area contributed by atoms with Gasteiger partial charge in [0.15, 0.2) is 11.6 Å². The second-order valence-electron chi connectivity index (χ2n) is 4.74. The van der Waals surface area contributed by atoms with Crippen LogP contribution in [0.15, 0.2) is 42.5 Å². The lowest BCUT2D eigenvalue weighted by Crippen LogP contribution is -2.18. The molecule has 0 amide bonds. The fourth-order valence-corrected chi connectivity index (χ4v) is 1.96. The maximum atomic E-state index is 13.2. The van der Waals surface area contributed by atoms with Gasteiger partial charge in [-0.2, -0.15) is 0 Å². The molecule has 2 rings (SSSR count). The predicted molar refractivity (Wildman–Crippen MR) is 76.4 cm³/mol. The minimum atomic E-state index is -0.669. The van der Waals surface area contributed by atoms with E-state index < -0.39 is 10.7 Å². The smallest absolute Gasteiger partial charge is 0.269 e. The third kappa shape index (κ3) is 3.76. The fraction of sp³-hybridized carbons (Fsp3) is 0.200. The number of hydrogen-bond acceptors (Lipinski definition) is 4. The highest BCUT2D eigenvalue weighted by Gasteiger charge is 2.11. The number of nitrogens with one attached hydrogen (secondary N) is 1. The van der Waals surface area contributed by atoms with Crippen LogP contribution in [-0.2, 0) is 6.54 Å². The molecule has 0 radical (unpaired) electrons. The van der Waals surface area contributed by atoms with Crippen LogP contribution in [0.25, 0.3) is 0 Å². The number of nitro groups is 1. The molecule has 5 nitrogen and oxygen atoms in total. The summed E-state index contributed by atoms with van der Waals surface area (Å²) in [4.78, 5) is 10.3. The van der Waals surface area contributed by atoms with Gasteiger partial charge in [-0.25, -0.2) is 4.39 Å². The van der Waals surface area contributed by atoms with Gasteiger partial charge in [-0.15, -0.1) is 0 Å². The average molecular weight is 290 g/mol. The van der Waals surface area contributed by atoms with Gasteiger partial charge in [-0.05, 0) is 30.2 Å². The third-order valence-electron chi connectivity index (χ3n) is 3.21. The standard InChI is InChI=1S/C15H15FN2O3/c1-10(12-3-2-4-13(8-12)18(20)21)17-9-11-5-6-15(19)14(16)7-11/h2-8,10,17,19H,9H2,1H3. The highest BCUT2D eigenvalue weighted by molar-refractivity contribution is 5.35. The monoisotopic (exact) mass is 290 g/mol. The number of halogens is 1. The summed E-state index contributed by atoms with van der Waals surface area (Å²) < 4.78 is 13.2. The number of rotatable bonds is 5. The fourth-order valence-electron chi connectivity index (χ4n) is 1.96. The predicted octanol–water partition coefficient (Wildman–Crippen LogP) is 3.29. The molecule has 1 unspecified atom stereocenters. The van der Waals surface area contributed by atoms with Gasteiger partial charge in [0, 0.05) is 24.7 Å². The van der Waals surface area contributed by atoms with Crippen LogP contribution in [0.5, 0.6) is 5.75 Å². The number of phenolic OH excluding ortho intramolecular Hbond substituents is 1. The Balaban J connectivity index is 2.04. The van der Waals surface area contributed by atoms with E-state index in [-0.39, 0.29) is 17.5 Å². The lowest BCUT2D eigenvalue weighted by Gasteiger charge is -2.14. The van der Waals surface area contributed by atoms with Crippen molar-refractivity contribution in [1.29, 1.82) is 0 Å². The van der Waals surface area contributed by atoms with E-state index in [1.807, 2.05) is 6.92 Å². The van der Waals surface area contributed by atoms with E-state index in [1.165, 1.54) is 24.3 Å². The van der Waals surface area contributed by atoms with E-state index >= 15 is 0 Å². The van der Waals surface area contributed by atoms with Crippen LogP contribution in [0.4, 0.5) is 10.1 Å². The summed E-state index contributed by atoms with van der Waals surface area (Å²) in [5.41, 5.74) is 1.50. The lowest BCUT2D eigenvalue weighted by atomic mass is 10.1. The summed E-state index contributed by atoms with van der Waals surface area (Å²) in [7, 11) is 0. The maximum absolute atomic E-state index is 13.2. The van der Waals surface area contributed by atoms with Crippen molar-refractivity contribution in [2.75, 3.05) is 0 Å². The van der Waals surface area contributed by atoms with Crippen LogP contribution in [0, 0.1) is 15.9 Å². The number of nitro benzene ring substituents is 1. The van der Waals surface area contributed by atoms with Gasteiger partial charge in [0.1, 0.15) is 0 Å². The Morgan fingerprint density at radius 1 is 1.33 bits per heavy atom. The van der Waals surface area contributed by atoms with Gasteiger partial charge in [0.2, 0.25) is 0 Å². The molecule has 2 aromatic carbocycles. The minimum Gasteiger partial charge on any atom is -0.505 e. The van der Waals surface area contributed by atoms with E-state index in [9.17, 15) is 14.5 Å². The van der Waals surface area contributed by atoms with Crippen LogP contribution < -0.4 is 5.32 Å². The van der Waals surface area contributed by atoms with E-state index in [2.05, 4.69) is 5.32 Å². The first-order valence-electron chi connectivity index (χ1n) is 6.42. The maximum Gasteiger partial charge on any atom is 0.269 e. The Kier molecular flexibility index (Phi) is 4.49. The van der Waals surface area contributed by atoms with Gasteiger partial charge >= 0.3 is 0 Å². The van der Waals surface area contributed by atoms with Gasteiger partial charge < -0.3 is 10.4 Å². The van der Waals surface area contributed by atoms with E-state index in [1.54, 1.807) is 18.2 Å². The summed E-state index contributed by atoms with van der Waals surface area (Å²) in [6.07, 6.45) is 0. The number of benzene rings is 2. The number of hydrogen-bond donors (Lipinski definition) is 2. The van der Waals surface area contributed by atoms with E-state index in [4.69, 9.17) is 5.11 Å². The van der Waals surface area contributed by atoms with Crippen LogP contribution >= 0.6 is 0 Å². The first kappa shape index (κ1) is 14.9. The average Bonchev–Trinajstić information content (AvgIpc) is 2.48. The molecule has 0 spiro atoms. The molecule has 0 aromatic heterocycles. The number of phenols is 1. The molecule has 1 atom stereocenters. The zero-order chi connectivity index (χ0) is 15.4. The Morgan fingerprint density at radius 2 is 2.10 bits per heavy atom. The molecule has 21 heavy (non-hydrogen) atoms. The molecular weight excluding hydrogens is 275 g/mol. The quantitative estimate of drug-likeness (QED) is 0.654. The first-order chi connectivity index (χ1) is 9.97. The second kappa shape index (κ2) is 6.32. The molecule has 0 aliphatic carbocycles. The van der Waals surface area contributed by atoms with Crippen molar-refractivity contribution in [3.05, 3.63) is 69.5 Å². The highest BCUT2D eigenvalue weighted by atomic mass is 19.1. The summed E-state index contributed by atoms with van der Waals surface area (Å²) in [6.45, 7) is 2.26. The third-order valence-corrected chi connectivity index (χ3v) is 3.21. The molecule has 0 fully saturated rings. The lowest BCUT2D eigenvalue weighted by molar-refractivity contribution is -0.384. The van der Waals surface area contributed by atoms with Crippen molar-refractivity contribution in [3.63, 3.8) is 0 Å². The Bertz CT molecular complexity index is 661. The van der Waals surface area contributed by atoms with Crippen molar-refractivity contribution in [2.45, 2.75) is 19.5 Å². The molecule has 0 aliphatic heterocycles. The second-order valence-corrected chi connectivity index (χ2v) is 4.74. The molecule has 0 saturated heterocycles. The number of aromatic hydroxyl groups is 1. The van der Waals surface area contributed by atoms with Crippen LogP contribution in [-0.4, -0.2) is 10.0 Å².